The molecule has 0 aromatic rings. The minimum atomic E-state index is 0.330. The molecule has 0 aromatic carbocycles. The van der Waals surface area contributed by atoms with E-state index < -0.39 is 0 Å². The van der Waals surface area contributed by atoms with Gasteiger partial charge in [-0.25, -0.2) is 0 Å². The molecule has 0 spiro atoms. The van der Waals surface area contributed by atoms with Crippen LogP contribution < -0.4 is 5.32 Å². The third-order valence-corrected chi connectivity index (χ3v) is 5.10. The molecule has 110 valence electrons. The van der Waals surface area contributed by atoms with Gasteiger partial charge in [0.1, 0.15) is 0 Å². The molecule has 2 fully saturated rings. The second-order valence-electron chi connectivity index (χ2n) is 6.48. The van der Waals surface area contributed by atoms with Gasteiger partial charge in [0, 0.05) is 19.0 Å². The van der Waals surface area contributed by atoms with E-state index in [9.17, 15) is 4.79 Å². The number of hydrogen-bond acceptors (Lipinski definition) is 2. The van der Waals surface area contributed by atoms with Crippen LogP contribution in [0.15, 0.2) is 0 Å². The number of carbonyl (C=O) groups excluding carboxylic acids is 1. The van der Waals surface area contributed by atoms with Crippen LogP contribution in [0.5, 0.6) is 0 Å². The van der Waals surface area contributed by atoms with Crippen molar-refractivity contribution in [3.05, 3.63) is 0 Å². The first-order chi connectivity index (χ1) is 9.24. The fourth-order valence-electron chi connectivity index (χ4n) is 3.80. The van der Waals surface area contributed by atoms with Crippen LogP contribution in [0.3, 0.4) is 0 Å². The molecule has 3 nitrogen and oxygen atoms in total. The molecule has 1 unspecified atom stereocenters. The van der Waals surface area contributed by atoms with Crippen molar-refractivity contribution < 1.29 is 4.79 Å². The van der Waals surface area contributed by atoms with Crippen molar-refractivity contribution in [2.75, 3.05) is 26.7 Å². The third-order valence-electron chi connectivity index (χ3n) is 5.10. The maximum absolute atomic E-state index is 12.6. The molecule has 2 rings (SSSR count). The summed E-state index contributed by atoms with van der Waals surface area (Å²) >= 11 is 0. The SMILES string of the molecule is CCC1CCC(C(=O)N2CCCC(CNC)C2)CC1. The Morgan fingerprint density at radius 2 is 1.89 bits per heavy atom. The van der Waals surface area contributed by atoms with E-state index in [1.54, 1.807) is 0 Å². The normalized spacial score (nSPS) is 32.3. The molecule has 1 aliphatic carbocycles. The van der Waals surface area contributed by atoms with Gasteiger partial charge in [0.2, 0.25) is 5.91 Å². The summed E-state index contributed by atoms with van der Waals surface area (Å²) in [7, 11) is 2.01. The lowest BCUT2D eigenvalue weighted by Gasteiger charge is -2.37. The van der Waals surface area contributed by atoms with Gasteiger partial charge >= 0.3 is 0 Å². The van der Waals surface area contributed by atoms with Gasteiger partial charge in [-0.1, -0.05) is 13.3 Å². The van der Waals surface area contributed by atoms with Gasteiger partial charge in [0.25, 0.3) is 0 Å². The standard InChI is InChI=1S/C16H30N2O/c1-3-13-6-8-15(9-7-13)16(19)18-10-4-5-14(12-18)11-17-2/h13-15,17H,3-12H2,1-2H3. The van der Waals surface area contributed by atoms with Gasteiger partial charge in [0.15, 0.2) is 0 Å². The summed E-state index contributed by atoms with van der Waals surface area (Å²) < 4.78 is 0. The summed E-state index contributed by atoms with van der Waals surface area (Å²) in [5.74, 6) is 2.32. The van der Waals surface area contributed by atoms with Crippen molar-refractivity contribution in [3.63, 3.8) is 0 Å². The van der Waals surface area contributed by atoms with Crippen LogP contribution in [0, 0.1) is 17.8 Å². The van der Waals surface area contributed by atoms with Gasteiger partial charge in [-0.15, -0.1) is 0 Å². The average Bonchev–Trinajstić information content (AvgIpc) is 2.47. The molecule has 1 amide bonds. The van der Waals surface area contributed by atoms with Crippen molar-refractivity contribution in [3.8, 4) is 0 Å². The van der Waals surface area contributed by atoms with Crippen LogP contribution in [0.1, 0.15) is 51.9 Å². The molecule has 1 N–H and O–H groups in total. The molecule has 0 bridgehead atoms. The maximum Gasteiger partial charge on any atom is 0.225 e. The van der Waals surface area contributed by atoms with Crippen LogP contribution in [0.2, 0.25) is 0 Å². The molecule has 3 heteroatoms. The molecule has 0 radical (unpaired) electrons. The smallest absolute Gasteiger partial charge is 0.225 e. The summed E-state index contributed by atoms with van der Waals surface area (Å²) in [6, 6.07) is 0. The fourth-order valence-corrected chi connectivity index (χ4v) is 3.80. The Kier molecular flexibility index (Phi) is 5.68. The van der Waals surface area contributed by atoms with E-state index in [2.05, 4.69) is 17.1 Å². The lowest BCUT2D eigenvalue weighted by molar-refractivity contribution is -0.138. The fraction of sp³-hybridized carbons (Fsp3) is 0.938. The summed E-state index contributed by atoms with van der Waals surface area (Å²) in [6.07, 6.45) is 8.53. The second kappa shape index (κ2) is 7.28. The summed E-state index contributed by atoms with van der Waals surface area (Å²) in [4.78, 5) is 14.8. The molecule has 1 saturated carbocycles. The first-order valence-electron chi connectivity index (χ1n) is 8.18. The Labute approximate surface area is 118 Å². The van der Waals surface area contributed by atoms with Crippen molar-refractivity contribution in [1.29, 1.82) is 0 Å². The van der Waals surface area contributed by atoms with Gasteiger partial charge in [-0.05, 0) is 64.0 Å². The van der Waals surface area contributed by atoms with Crippen LogP contribution in [0.25, 0.3) is 0 Å². The lowest BCUT2D eigenvalue weighted by atomic mass is 9.80. The number of likely N-dealkylation sites (tertiary alicyclic amines) is 1. The molecule has 19 heavy (non-hydrogen) atoms. The van der Waals surface area contributed by atoms with Gasteiger partial charge < -0.3 is 10.2 Å². The lowest BCUT2D eigenvalue weighted by Crippen LogP contribution is -2.45. The predicted octanol–water partition coefficient (Wildman–Crippen LogP) is 2.66. The number of piperidine rings is 1. The molecular formula is C16H30N2O. The Morgan fingerprint density at radius 3 is 2.53 bits per heavy atom. The highest BCUT2D eigenvalue weighted by Crippen LogP contribution is 2.32. The highest BCUT2D eigenvalue weighted by Gasteiger charge is 2.31. The van der Waals surface area contributed by atoms with E-state index in [0.29, 0.717) is 17.7 Å². The summed E-state index contributed by atoms with van der Waals surface area (Å²) in [5, 5.41) is 3.25. The molecular weight excluding hydrogens is 236 g/mol. The first-order valence-corrected chi connectivity index (χ1v) is 8.18. The number of carbonyl (C=O) groups is 1. The highest BCUT2D eigenvalue weighted by molar-refractivity contribution is 5.79. The van der Waals surface area contributed by atoms with Gasteiger partial charge in [-0.3, -0.25) is 4.79 Å². The number of nitrogens with zero attached hydrogens (tertiary/aromatic N) is 1. The van der Waals surface area contributed by atoms with Crippen LogP contribution in [-0.4, -0.2) is 37.5 Å². The van der Waals surface area contributed by atoms with Gasteiger partial charge in [0.05, 0.1) is 0 Å². The van der Waals surface area contributed by atoms with Crippen molar-refractivity contribution in [2.24, 2.45) is 17.8 Å². The largest absolute Gasteiger partial charge is 0.342 e. The third kappa shape index (κ3) is 3.95. The van der Waals surface area contributed by atoms with Crippen LogP contribution >= 0.6 is 0 Å². The van der Waals surface area contributed by atoms with Gasteiger partial charge in [-0.2, -0.15) is 0 Å². The molecule has 2 aliphatic rings. The zero-order valence-corrected chi connectivity index (χ0v) is 12.7. The van der Waals surface area contributed by atoms with Crippen LogP contribution in [0.4, 0.5) is 0 Å². The number of nitrogens with one attached hydrogen (secondary N) is 1. The zero-order chi connectivity index (χ0) is 13.7. The topological polar surface area (TPSA) is 32.3 Å². The predicted molar refractivity (Wildman–Crippen MR) is 79.0 cm³/mol. The van der Waals surface area contributed by atoms with Crippen molar-refractivity contribution in [1.82, 2.24) is 10.2 Å². The molecule has 0 aromatic heterocycles. The van der Waals surface area contributed by atoms with E-state index in [-0.39, 0.29) is 0 Å². The minimum Gasteiger partial charge on any atom is -0.342 e. The Morgan fingerprint density at radius 1 is 1.16 bits per heavy atom. The number of hydrogen-bond donors (Lipinski definition) is 1. The van der Waals surface area contributed by atoms with E-state index >= 15 is 0 Å². The average molecular weight is 266 g/mol. The van der Waals surface area contributed by atoms with Crippen LogP contribution in [-0.2, 0) is 4.79 Å². The van der Waals surface area contributed by atoms with E-state index in [1.807, 2.05) is 7.05 Å². The monoisotopic (exact) mass is 266 g/mol. The number of amides is 1. The molecule has 1 saturated heterocycles. The quantitative estimate of drug-likeness (QED) is 0.848. The Bertz CT molecular complexity index is 282. The van der Waals surface area contributed by atoms with Crippen molar-refractivity contribution >= 4 is 5.91 Å². The second-order valence-corrected chi connectivity index (χ2v) is 6.48. The number of rotatable bonds is 4. The molecule has 1 aliphatic heterocycles. The summed E-state index contributed by atoms with van der Waals surface area (Å²) in [6.45, 7) is 5.30. The minimum absolute atomic E-state index is 0.330. The molecule has 1 heterocycles. The zero-order valence-electron chi connectivity index (χ0n) is 12.7. The molecule has 1 atom stereocenters. The van der Waals surface area contributed by atoms with E-state index in [1.165, 1.54) is 32.1 Å². The maximum atomic E-state index is 12.6. The first kappa shape index (κ1) is 14.8. The summed E-state index contributed by atoms with van der Waals surface area (Å²) in [5.41, 5.74) is 0. The van der Waals surface area contributed by atoms with Crippen molar-refractivity contribution in [2.45, 2.75) is 51.9 Å². The highest BCUT2D eigenvalue weighted by atomic mass is 16.2. The Hall–Kier alpha value is -0.570. The van der Waals surface area contributed by atoms with E-state index in [0.717, 1.165) is 38.4 Å². The van der Waals surface area contributed by atoms with E-state index in [4.69, 9.17) is 0 Å². The Balaban J connectivity index is 1.82.